The van der Waals surface area contributed by atoms with Crippen LogP contribution in [0.4, 0.5) is 0 Å². The smallest absolute Gasteiger partial charge is 0.0237 e. The summed E-state index contributed by atoms with van der Waals surface area (Å²) in [5.41, 5.74) is 0. The fraction of sp³-hybridized carbons (Fsp3) is 1.00. The summed E-state index contributed by atoms with van der Waals surface area (Å²) in [5, 5.41) is 0. The number of rotatable bonds is 14. The lowest BCUT2D eigenvalue weighted by molar-refractivity contribution is 0.622. The van der Waals surface area contributed by atoms with Crippen molar-refractivity contribution in [3.8, 4) is 0 Å². The Morgan fingerprint density at radius 3 is 1.26 bits per heavy atom. The largest absolute Gasteiger partial charge is 0.0978 e. The Bertz CT molecular complexity index is 205. The molecule has 0 aromatic heterocycles. The van der Waals surface area contributed by atoms with Gasteiger partial charge in [0.2, 0.25) is 0 Å². The number of hydrogen-bond acceptors (Lipinski definition) is 1. The molecule has 0 fully saturated rings. The molecule has 0 saturated heterocycles. The third-order valence-electron chi connectivity index (χ3n) is 3.97. The lowest BCUT2D eigenvalue weighted by Gasteiger charge is -2.16. The molecule has 0 aromatic carbocycles. The minimum absolute atomic E-state index is 0.970. The molecular weight excluding hydrogens is 267 g/mol. The van der Waals surface area contributed by atoms with Crippen LogP contribution in [0.5, 0.6) is 0 Å². The van der Waals surface area contributed by atoms with E-state index < -0.39 is 6.04 Å². The Balaban J connectivity index is 3.39. The summed E-state index contributed by atoms with van der Waals surface area (Å²) in [5.74, 6) is 0. The van der Waals surface area contributed by atoms with Crippen LogP contribution in [-0.2, 0) is 11.8 Å². The van der Waals surface area contributed by atoms with Gasteiger partial charge in [0.1, 0.15) is 0 Å². The summed E-state index contributed by atoms with van der Waals surface area (Å²) >= 11 is 5.86. The van der Waals surface area contributed by atoms with Crippen molar-refractivity contribution < 1.29 is 0 Å². The van der Waals surface area contributed by atoms with Gasteiger partial charge in [-0.3, -0.25) is 0 Å². The van der Waals surface area contributed by atoms with E-state index in [2.05, 4.69) is 20.5 Å². The van der Waals surface area contributed by atoms with E-state index in [9.17, 15) is 0 Å². The van der Waals surface area contributed by atoms with E-state index in [1.165, 1.54) is 89.4 Å². The first-order valence-electron chi connectivity index (χ1n) is 8.68. The van der Waals surface area contributed by atoms with Crippen LogP contribution in [-0.4, -0.2) is 19.0 Å². The van der Waals surface area contributed by atoms with Crippen molar-refractivity contribution in [1.82, 2.24) is 0 Å². The van der Waals surface area contributed by atoms with E-state index in [0.29, 0.717) is 0 Å². The van der Waals surface area contributed by atoms with Gasteiger partial charge in [-0.15, -0.1) is 0 Å². The van der Waals surface area contributed by atoms with E-state index in [-0.39, 0.29) is 0 Å². The van der Waals surface area contributed by atoms with Gasteiger partial charge in [0.25, 0.3) is 0 Å². The summed E-state index contributed by atoms with van der Waals surface area (Å²) in [6.07, 6.45) is 19.6. The summed E-state index contributed by atoms with van der Waals surface area (Å²) < 4.78 is 0. The van der Waals surface area contributed by atoms with Crippen molar-refractivity contribution in [2.75, 3.05) is 19.0 Å². The van der Waals surface area contributed by atoms with Crippen molar-refractivity contribution >= 4 is 17.8 Å². The molecule has 0 bridgehead atoms. The molecule has 0 heterocycles. The van der Waals surface area contributed by atoms with Gasteiger partial charge in [0.15, 0.2) is 0 Å². The Kier molecular flexibility index (Phi) is 14.1. The Morgan fingerprint density at radius 1 is 0.579 bits per heavy atom. The molecule has 0 radical (unpaired) electrons. The maximum absolute atomic E-state index is 5.86. The van der Waals surface area contributed by atoms with Crippen molar-refractivity contribution in [3.63, 3.8) is 0 Å². The molecule has 0 unspecified atom stereocenters. The third-order valence-corrected chi connectivity index (χ3v) is 7.59. The highest BCUT2D eigenvalue weighted by Crippen LogP contribution is 2.43. The van der Waals surface area contributed by atoms with Gasteiger partial charge in [-0.2, -0.15) is 0 Å². The normalized spacial score (nSPS) is 11.9. The number of hydrogen-bond donors (Lipinski definition) is 0. The topological polar surface area (TPSA) is 0 Å². The Hall–Kier alpha value is 0.650. The molecule has 19 heavy (non-hydrogen) atoms. The molecule has 0 rings (SSSR count). The maximum atomic E-state index is 5.86. The average Bonchev–Trinajstić information content (AvgIpc) is 2.38. The van der Waals surface area contributed by atoms with Crippen molar-refractivity contribution in [2.24, 2.45) is 0 Å². The second-order valence-electron chi connectivity index (χ2n) is 6.28. The van der Waals surface area contributed by atoms with Crippen molar-refractivity contribution in [3.05, 3.63) is 0 Å². The highest BCUT2D eigenvalue weighted by Gasteiger charge is 2.09. The van der Waals surface area contributed by atoms with E-state index in [1.54, 1.807) is 0 Å². The van der Waals surface area contributed by atoms with Gasteiger partial charge in [-0.1, -0.05) is 89.9 Å². The predicted molar refractivity (Wildman–Crippen MR) is 96.7 cm³/mol. The van der Waals surface area contributed by atoms with Crippen LogP contribution in [0.15, 0.2) is 0 Å². The van der Waals surface area contributed by atoms with E-state index in [1.807, 2.05) is 0 Å². The molecule has 0 saturated carbocycles. The van der Waals surface area contributed by atoms with Crippen LogP contribution in [0.3, 0.4) is 0 Å². The molecule has 0 nitrogen and oxygen atoms in total. The quantitative estimate of drug-likeness (QED) is 0.251. The van der Waals surface area contributed by atoms with Crippen LogP contribution in [0, 0.1) is 0 Å². The fourth-order valence-corrected chi connectivity index (χ4v) is 5.35. The minimum Gasteiger partial charge on any atom is -0.0978 e. The molecule has 0 N–H and O–H groups in total. The van der Waals surface area contributed by atoms with Crippen LogP contribution in [0.25, 0.3) is 0 Å². The van der Waals surface area contributed by atoms with Gasteiger partial charge >= 0.3 is 0 Å². The summed E-state index contributed by atoms with van der Waals surface area (Å²) in [6, 6.07) is -0.970. The summed E-state index contributed by atoms with van der Waals surface area (Å²) in [4.78, 5) is 0. The zero-order valence-electron chi connectivity index (χ0n) is 13.8. The van der Waals surface area contributed by atoms with Crippen LogP contribution < -0.4 is 0 Å². The van der Waals surface area contributed by atoms with Crippen molar-refractivity contribution in [2.45, 2.75) is 90.9 Å². The van der Waals surface area contributed by atoms with Crippen LogP contribution >= 0.6 is 6.04 Å². The molecule has 0 amide bonds. The lowest BCUT2D eigenvalue weighted by atomic mass is 10.1. The highest BCUT2D eigenvalue weighted by molar-refractivity contribution is 8.14. The molecule has 2 heteroatoms. The SMILES string of the molecule is CCCCCCCCP(C)(=S)CCCCCCCC. The molecule has 0 aromatic rings. The summed E-state index contributed by atoms with van der Waals surface area (Å²) in [6.45, 7) is 6.97. The van der Waals surface area contributed by atoms with Gasteiger partial charge in [-0.05, 0) is 37.9 Å². The molecule has 0 atom stereocenters. The zero-order chi connectivity index (χ0) is 14.4. The second-order valence-corrected chi connectivity index (χ2v) is 12.4. The van der Waals surface area contributed by atoms with Gasteiger partial charge in [0, 0.05) is 0 Å². The van der Waals surface area contributed by atoms with Crippen LogP contribution in [0.1, 0.15) is 90.9 Å². The minimum atomic E-state index is -0.970. The van der Waals surface area contributed by atoms with E-state index in [0.717, 1.165) is 0 Å². The molecular formula is C17H37PS. The maximum Gasteiger partial charge on any atom is -0.0237 e. The highest BCUT2D eigenvalue weighted by atomic mass is 32.4. The Morgan fingerprint density at radius 2 is 0.895 bits per heavy atom. The molecule has 0 aliphatic heterocycles. The first-order chi connectivity index (χ1) is 9.12. The van der Waals surface area contributed by atoms with Gasteiger partial charge < -0.3 is 0 Å². The zero-order valence-corrected chi connectivity index (χ0v) is 15.5. The lowest BCUT2D eigenvalue weighted by Crippen LogP contribution is -1.95. The van der Waals surface area contributed by atoms with Crippen LogP contribution in [0.2, 0.25) is 0 Å². The number of unbranched alkanes of at least 4 members (excludes halogenated alkanes) is 10. The first-order valence-corrected chi connectivity index (χ1v) is 12.3. The van der Waals surface area contributed by atoms with Crippen molar-refractivity contribution in [1.29, 1.82) is 0 Å². The second kappa shape index (κ2) is 13.6. The molecule has 0 aliphatic carbocycles. The predicted octanol–water partition coefficient (Wildman–Crippen LogP) is 6.82. The molecule has 0 spiro atoms. The first kappa shape index (κ1) is 19.7. The standard InChI is InChI=1S/C17H37PS/c1-4-6-8-10-12-14-16-18(3,19)17-15-13-11-9-7-5-2/h4-17H2,1-3H3. The molecule has 0 aliphatic rings. The van der Waals surface area contributed by atoms with Gasteiger partial charge in [-0.25, -0.2) is 0 Å². The van der Waals surface area contributed by atoms with E-state index in [4.69, 9.17) is 11.8 Å². The summed E-state index contributed by atoms with van der Waals surface area (Å²) in [7, 11) is 0. The van der Waals surface area contributed by atoms with Gasteiger partial charge in [0.05, 0.1) is 0 Å². The average molecular weight is 305 g/mol. The monoisotopic (exact) mass is 304 g/mol. The van der Waals surface area contributed by atoms with E-state index >= 15 is 0 Å². The molecule has 116 valence electrons. The third kappa shape index (κ3) is 14.9. The fourth-order valence-electron chi connectivity index (χ4n) is 2.57. The Labute approximate surface area is 128 Å².